The Labute approximate surface area is 280 Å². The van der Waals surface area contributed by atoms with E-state index in [0.717, 1.165) is 61.9 Å². The Morgan fingerprint density at radius 3 is 1.62 bits per heavy atom. The Balaban J connectivity index is 1.22. The van der Waals surface area contributed by atoms with Gasteiger partial charge in [-0.1, -0.05) is 146 Å². The number of nitrogens with zero attached hydrogens (tertiary/aromatic N) is 1. The van der Waals surface area contributed by atoms with E-state index in [1.54, 1.807) is 0 Å². The first-order valence-corrected chi connectivity index (χ1v) is 16.3. The molecule has 1 aliphatic heterocycles. The Kier molecular flexibility index (Phi) is 6.84. The second-order valence-corrected chi connectivity index (χ2v) is 12.2. The highest BCUT2D eigenvalue weighted by Crippen LogP contribution is 2.51. The third-order valence-electron chi connectivity index (χ3n) is 9.26. The van der Waals surface area contributed by atoms with E-state index in [1.165, 1.54) is 21.9 Å². The molecule has 0 atom stereocenters. The summed E-state index contributed by atoms with van der Waals surface area (Å²) < 4.78 is 6.92. The molecule has 226 valence electrons. The fourth-order valence-corrected chi connectivity index (χ4v) is 6.92. The first-order valence-electron chi connectivity index (χ1n) is 16.3. The van der Waals surface area contributed by atoms with Crippen molar-refractivity contribution in [2.24, 2.45) is 0 Å². The molecular formula is C46H31NO. The van der Waals surface area contributed by atoms with Crippen LogP contribution in [0.4, 0.5) is 17.1 Å². The average Bonchev–Trinajstić information content (AvgIpc) is 3.30. The first-order chi connectivity index (χ1) is 23.8. The summed E-state index contributed by atoms with van der Waals surface area (Å²) in [5, 5.41) is 2.42. The van der Waals surface area contributed by atoms with E-state index in [4.69, 9.17) is 4.74 Å². The van der Waals surface area contributed by atoms with Crippen molar-refractivity contribution in [1.82, 2.24) is 0 Å². The van der Waals surface area contributed by atoms with Gasteiger partial charge in [-0.05, 0) is 81.1 Å². The van der Waals surface area contributed by atoms with Crippen LogP contribution in [-0.2, 0) is 0 Å². The summed E-state index contributed by atoms with van der Waals surface area (Å²) in [6.45, 7) is 0. The number of ether oxygens (including phenoxy) is 1. The van der Waals surface area contributed by atoms with E-state index in [2.05, 4.69) is 193 Å². The highest BCUT2D eigenvalue weighted by atomic mass is 16.5. The van der Waals surface area contributed by atoms with Crippen LogP contribution in [0, 0.1) is 0 Å². The van der Waals surface area contributed by atoms with Crippen molar-refractivity contribution in [3.63, 3.8) is 0 Å². The molecule has 1 aliphatic rings. The Morgan fingerprint density at radius 2 is 0.854 bits per heavy atom. The lowest BCUT2D eigenvalue weighted by Gasteiger charge is -2.27. The molecule has 0 aromatic heterocycles. The molecule has 0 spiro atoms. The van der Waals surface area contributed by atoms with Crippen LogP contribution in [0.15, 0.2) is 188 Å². The molecule has 0 bridgehead atoms. The van der Waals surface area contributed by atoms with E-state index < -0.39 is 0 Å². The number of benzene rings is 8. The summed E-state index contributed by atoms with van der Waals surface area (Å²) in [4.78, 5) is 2.34. The van der Waals surface area contributed by atoms with Crippen molar-refractivity contribution >= 4 is 27.8 Å². The number of para-hydroxylation sites is 1. The molecule has 0 saturated heterocycles. The van der Waals surface area contributed by atoms with Gasteiger partial charge in [-0.25, -0.2) is 0 Å². The third-order valence-corrected chi connectivity index (χ3v) is 9.26. The lowest BCUT2D eigenvalue weighted by molar-refractivity contribution is 0.489. The Bertz CT molecular complexity index is 2410. The van der Waals surface area contributed by atoms with Crippen LogP contribution in [0.5, 0.6) is 11.5 Å². The molecule has 0 N–H and O–H groups in total. The number of rotatable bonds is 5. The van der Waals surface area contributed by atoms with Crippen LogP contribution < -0.4 is 9.64 Å². The van der Waals surface area contributed by atoms with Crippen molar-refractivity contribution in [1.29, 1.82) is 0 Å². The second kappa shape index (κ2) is 11.8. The SMILES string of the molecule is c1ccc(-c2ccc(N(c3ccc4c(c3)-c3ccccc3-c3cccc(-c5ccccc5)c3O4)c3ccc4ccccc4c3)cc2)cc1. The summed E-state index contributed by atoms with van der Waals surface area (Å²) in [6.07, 6.45) is 0. The molecule has 0 fully saturated rings. The van der Waals surface area contributed by atoms with Gasteiger partial charge in [-0.3, -0.25) is 0 Å². The molecule has 8 aromatic carbocycles. The monoisotopic (exact) mass is 613 g/mol. The summed E-state index contributed by atoms with van der Waals surface area (Å²) in [6, 6.07) is 66.8. The molecule has 9 rings (SSSR count). The second-order valence-electron chi connectivity index (χ2n) is 12.2. The molecule has 2 nitrogen and oxygen atoms in total. The van der Waals surface area contributed by atoms with E-state index in [1.807, 2.05) is 0 Å². The van der Waals surface area contributed by atoms with Gasteiger partial charge < -0.3 is 9.64 Å². The van der Waals surface area contributed by atoms with Crippen LogP contribution in [0.2, 0.25) is 0 Å². The summed E-state index contributed by atoms with van der Waals surface area (Å²) >= 11 is 0. The summed E-state index contributed by atoms with van der Waals surface area (Å²) in [7, 11) is 0. The highest BCUT2D eigenvalue weighted by Gasteiger charge is 2.25. The van der Waals surface area contributed by atoms with Crippen molar-refractivity contribution in [2.45, 2.75) is 0 Å². The zero-order chi connectivity index (χ0) is 31.9. The normalized spacial score (nSPS) is 11.5. The zero-order valence-corrected chi connectivity index (χ0v) is 26.3. The van der Waals surface area contributed by atoms with E-state index in [-0.39, 0.29) is 0 Å². The van der Waals surface area contributed by atoms with Crippen LogP contribution in [0.25, 0.3) is 55.3 Å². The minimum atomic E-state index is 0.839. The molecule has 0 unspecified atom stereocenters. The van der Waals surface area contributed by atoms with Gasteiger partial charge in [0.05, 0.1) is 0 Å². The van der Waals surface area contributed by atoms with Crippen LogP contribution in [-0.4, -0.2) is 0 Å². The van der Waals surface area contributed by atoms with Gasteiger partial charge in [0.2, 0.25) is 0 Å². The third kappa shape index (κ3) is 4.92. The molecular weight excluding hydrogens is 583 g/mol. The van der Waals surface area contributed by atoms with Gasteiger partial charge in [-0.2, -0.15) is 0 Å². The van der Waals surface area contributed by atoms with Gasteiger partial charge >= 0.3 is 0 Å². The number of fused-ring (bicyclic) bond motifs is 6. The van der Waals surface area contributed by atoms with E-state index >= 15 is 0 Å². The predicted octanol–water partition coefficient (Wildman–Crippen LogP) is 13.1. The zero-order valence-electron chi connectivity index (χ0n) is 26.3. The smallest absolute Gasteiger partial charge is 0.143 e. The maximum absolute atomic E-state index is 6.92. The summed E-state index contributed by atoms with van der Waals surface area (Å²) in [5.41, 5.74) is 12.3. The maximum atomic E-state index is 6.92. The number of anilines is 3. The highest BCUT2D eigenvalue weighted by molar-refractivity contribution is 5.96. The molecule has 8 aromatic rings. The fourth-order valence-electron chi connectivity index (χ4n) is 6.92. The van der Waals surface area contributed by atoms with Gasteiger partial charge in [0, 0.05) is 33.8 Å². The standard InChI is InChI=1S/C46H31NO/c1-3-12-32(13-4-1)34-22-25-37(26-23-34)47(38-27-24-33-14-7-8-17-36(33)30-38)39-28-29-45-44(31-39)42-19-10-9-18-41(42)43-21-11-20-40(46(43)48-45)35-15-5-2-6-16-35/h1-31H. The minimum absolute atomic E-state index is 0.839. The molecule has 0 aliphatic carbocycles. The van der Waals surface area contributed by atoms with Gasteiger partial charge in [0.1, 0.15) is 11.5 Å². The Morgan fingerprint density at radius 1 is 0.312 bits per heavy atom. The largest absolute Gasteiger partial charge is 0.455 e. The van der Waals surface area contributed by atoms with Crippen molar-refractivity contribution in [3.05, 3.63) is 188 Å². The number of hydrogen-bond acceptors (Lipinski definition) is 2. The van der Waals surface area contributed by atoms with Gasteiger partial charge in [0.15, 0.2) is 0 Å². The van der Waals surface area contributed by atoms with E-state index in [0.29, 0.717) is 0 Å². The quantitative estimate of drug-likeness (QED) is 0.191. The lowest BCUT2D eigenvalue weighted by Crippen LogP contribution is -2.10. The summed E-state index contributed by atoms with van der Waals surface area (Å²) in [5.74, 6) is 1.72. The molecule has 0 saturated carbocycles. The molecule has 48 heavy (non-hydrogen) atoms. The maximum Gasteiger partial charge on any atom is 0.143 e. The van der Waals surface area contributed by atoms with Crippen molar-refractivity contribution in [2.75, 3.05) is 4.90 Å². The van der Waals surface area contributed by atoms with Crippen molar-refractivity contribution in [3.8, 4) is 56.0 Å². The van der Waals surface area contributed by atoms with Crippen LogP contribution in [0.1, 0.15) is 0 Å². The lowest BCUT2D eigenvalue weighted by atomic mass is 9.92. The Hall–Kier alpha value is -6.38. The van der Waals surface area contributed by atoms with Crippen LogP contribution >= 0.6 is 0 Å². The van der Waals surface area contributed by atoms with E-state index in [9.17, 15) is 0 Å². The predicted molar refractivity (Wildman–Crippen MR) is 200 cm³/mol. The topological polar surface area (TPSA) is 12.5 Å². The molecule has 0 amide bonds. The fraction of sp³-hybridized carbons (Fsp3) is 0. The first kappa shape index (κ1) is 27.9. The molecule has 1 heterocycles. The molecule has 0 radical (unpaired) electrons. The van der Waals surface area contributed by atoms with Gasteiger partial charge in [0.25, 0.3) is 0 Å². The number of hydrogen-bond donors (Lipinski definition) is 0. The minimum Gasteiger partial charge on any atom is -0.455 e. The average molecular weight is 614 g/mol. The molecule has 2 heteroatoms. The van der Waals surface area contributed by atoms with Crippen molar-refractivity contribution < 1.29 is 4.74 Å². The van der Waals surface area contributed by atoms with Gasteiger partial charge in [-0.15, -0.1) is 0 Å². The van der Waals surface area contributed by atoms with Crippen LogP contribution in [0.3, 0.4) is 0 Å².